The second kappa shape index (κ2) is 5.78. The van der Waals surface area contributed by atoms with E-state index in [4.69, 9.17) is 0 Å². The number of rotatable bonds is 5. The van der Waals surface area contributed by atoms with Crippen molar-refractivity contribution >= 4 is 0 Å². The summed E-state index contributed by atoms with van der Waals surface area (Å²) in [5.74, 6) is 0.469. The number of halogens is 1. The highest BCUT2D eigenvalue weighted by molar-refractivity contribution is 5.57. The first-order chi connectivity index (χ1) is 8.76. The van der Waals surface area contributed by atoms with Gasteiger partial charge in [-0.3, -0.25) is 0 Å². The van der Waals surface area contributed by atoms with E-state index in [1.807, 2.05) is 30.7 Å². The lowest BCUT2D eigenvalue weighted by molar-refractivity contribution is 0.621. The van der Waals surface area contributed by atoms with Gasteiger partial charge in [0.1, 0.15) is 11.6 Å². The molecular weight excluding hydrogens is 229 g/mol. The number of aromatic nitrogens is 2. The molecule has 1 aromatic carbocycles. The predicted octanol–water partition coefficient (Wildman–Crippen LogP) is 2.82. The summed E-state index contributed by atoms with van der Waals surface area (Å²) in [5, 5.41) is 3.18. The van der Waals surface area contributed by atoms with Gasteiger partial charge in [-0.05, 0) is 31.2 Å². The van der Waals surface area contributed by atoms with Crippen molar-refractivity contribution in [2.45, 2.75) is 26.9 Å². The fourth-order valence-electron chi connectivity index (χ4n) is 1.93. The lowest BCUT2D eigenvalue weighted by atomic mass is 10.1. The van der Waals surface area contributed by atoms with Gasteiger partial charge in [0.15, 0.2) is 0 Å². The molecule has 0 radical (unpaired) electrons. The van der Waals surface area contributed by atoms with E-state index in [-0.39, 0.29) is 5.82 Å². The highest BCUT2D eigenvalue weighted by Crippen LogP contribution is 2.22. The number of nitrogens with one attached hydrogen (secondary N) is 1. The normalized spacial score (nSPS) is 10.8. The predicted molar refractivity (Wildman–Crippen MR) is 70.7 cm³/mol. The summed E-state index contributed by atoms with van der Waals surface area (Å²) >= 11 is 0. The minimum Gasteiger partial charge on any atom is -0.331 e. The highest BCUT2D eigenvalue weighted by Gasteiger charge is 2.10. The molecule has 1 heterocycles. The van der Waals surface area contributed by atoms with Crippen LogP contribution in [0, 0.1) is 5.82 Å². The van der Waals surface area contributed by atoms with Gasteiger partial charge < -0.3 is 9.88 Å². The maximum atomic E-state index is 14.1. The van der Waals surface area contributed by atoms with Gasteiger partial charge in [-0.2, -0.15) is 0 Å². The van der Waals surface area contributed by atoms with E-state index in [1.54, 1.807) is 18.3 Å². The third-order valence-corrected chi connectivity index (χ3v) is 2.91. The van der Waals surface area contributed by atoms with Crippen LogP contribution in [0.3, 0.4) is 0 Å². The summed E-state index contributed by atoms with van der Waals surface area (Å²) in [6, 6.07) is 5.32. The Labute approximate surface area is 107 Å². The molecule has 1 aromatic heterocycles. The molecule has 2 rings (SSSR count). The van der Waals surface area contributed by atoms with Crippen LogP contribution in [-0.4, -0.2) is 16.1 Å². The van der Waals surface area contributed by atoms with E-state index in [9.17, 15) is 4.39 Å². The zero-order chi connectivity index (χ0) is 13.0. The lowest BCUT2D eigenvalue weighted by Crippen LogP contribution is -2.11. The van der Waals surface area contributed by atoms with E-state index < -0.39 is 0 Å². The van der Waals surface area contributed by atoms with E-state index in [0.29, 0.717) is 17.9 Å². The second-order valence-electron chi connectivity index (χ2n) is 4.13. The van der Waals surface area contributed by atoms with Crippen molar-refractivity contribution in [2.24, 2.45) is 0 Å². The van der Waals surface area contributed by atoms with Crippen LogP contribution < -0.4 is 5.32 Å². The van der Waals surface area contributed by atoms with Crippen molar-refractivity contribution in [3.63, 3.8) is 0 Å². The summed E-state index contributed by atoms with van der Waals surface area (Å²) < 4.78 is 16.0. The molecule has 3 nitrogen and oxygen atoms in total. The van der Waals surface area contributed by atoms with Gasteiger partial charge in [-0.25, -0.2) is 9.37 Å². The SMILES string of the molecule is CCNCc1ccc(-c2nccn2CC)c(F)c1. The first kappa shape index (κ1) is 12.8. The second-order valence-corrected chi connectivity index (χ2v) is 4.13. The fourth-order valence-corrected chi connectivity index (χ4v) is 1.93. The van der Waals surface area contributed by atoms with Crippen LogP contribution >= 0.6 is 0 Å². The molecule has 18 heavy (non-hydrogen) atoms. The van der Waals surface area contributed by atoms with Gasteiger partial charge in [0.25, 0.3) is 0 Å². The lowest BCUT2D eigenvalue weighted by Gasteiger charge is -2.08. The molecular formula is C14H18FN3. The van der Waals surface area contributed by atoms with Gasteiger partial charge in [0, 0.05) is 25.5 Å². The number of aryl methyl sites for hydroxylation is 1. The molecule has 96 valence electrons. The Morgan fingerprint density at radius 3 is 2.83 bits per heavy atom. The van der Waals surface area contributed by atoms with Crippen LogP contribution in [0.25, 0.3) is 11.4 Å². The third kappa shape index (κ3) is 2.59. The molecule has 0 atom stereocenters. The molecule has 0 unspecified atom stereocenters. The van der Waals surface area contributed by atoms with Gasteiger partial charge in [-0.1, -0.05) is 13.0 Å². The first-order valence-electron chi connectivity index (χ1n) is 6.27. The average molecular weight is 247 g/mol. The van der Waals surface area contributed by atoms with Gasteiger partial charge in [0.2, 0.25) is 0 Å². The molecule has 0 spiro atoms. The molecule has 0 aliphatic heterocycles. The largest absolute Gasteiger partial charge is 0.331 e. The monoisotopic (exact) mass is 247 g/mol. The molecule has 0 bridgehead atoms. The van der Waals surface area contributed by atoms with E-state index in [2.05, 4.69) is 10.3 Å². The van der Waals surface area contributed by atoms with Crippen molar-refractivity contribution in [3.05, 3.63) is 42.0 Å². The molecule has 2 aromatic rings. The maximum absolute atomic E-state index is 14.1. The molecule has 0 aliphatic rings. The van der Waals surface area contributed by atoms with E-state index in [0.717, 1.165) is 18.7 Å². The molecule has 1 N–H and O–H groups in total. The number of nitrogens with zero attached hydrogens (tertiary/aromatic N) is 2. The number of imidazole rings is 1. The molecule has 0 amide bonds. The van der Waals surface area contributed by atoms with Gasteiger partial charge >= 0.3 is 0 Å². The van der Waals surface area contributed by atoms with Crippen LogP contribution in [0.15, 0.2) is 30.6 Å². The van der Waals surface area contributed by atoms with Crippen LogP contribution in [-0.2, 0) is 13.1 Å². The summed E-state index contributed by atoms with van der Waals surface area (Å²) in [5.41, 5.74) is 1.51. The van der Waals surface area contributed by atoms with Gasteiger partial charge in [-0.15, -0.1) is 0 Å². The maximum Gasteiger partial charge on any atom is 0.142 e. The third-order valence-electron chi connectivity index (χ3n) is 2.91. The molecule has 0 aliphatic carbocycles. The summed E-state index contributed by atoms with van der Waals surface area (Å²) in [7, 11) is 0. The van der Waals surface area contributed by atoms with E-state index in [1.165, 1.54) is 0 Å². The van der Waals surface area contributed by atoms with Crippen molar-refractivity contribution < 1.29 is 4.39 Å². The average Bonchev–Trinajstić information content (AvgIpc) is 2.84. The van der Waals surface area contributed by atoms with Crippen LogP contribution in [0.1, 0.15) is 19.4 Å². The minimum atomic E-state index is -0.216. The van der Waals surface area contributed by atoms with Crippen LogP contribution in [0.2, 0.25) is 0 Å². The minimum absolute atomic E-state index is 0.216. The molecule has 0 fully saturated rings. The summed E-state index contributed by atoms with van der Waals surface area (Å²) in [4.78, 5) is 4.22. The zero-order valence-electron chi connectivity index (χ0n) is 10.8. The highest BCUT2D eigenvalue weighted by atomic mass is 19.1. The Morgan fingerprint density at radius 2 is 2.17 bits per heavy atom. The quantitative estimate of drug-likeness (QED) is 0.880. The fraction of sp³-hybridized carbons (Fsp3) is 0.357. The van der Waals surface area contributed by atoms with E-state index >= 15 is 0 Å². The number of hydrogen-bond donors (Lipinski definition) is 1. The zero-order valence-corrected chi connectivity index (χ0v) is 10.8. The Kier molecular flexibility index (Phi) is 4.10. The van der Waals surface area contributed by atoms with Crippen molar-refractivity contribution in [3.8, 4) is 11.4 Å². The van der Waals surface area contributed by atoms with Crippen molar-refractivity contribution in [2.75, 3.05) is 6.54 Å². The first-order valence-corrected chi connectivity index (χ1v) is 6.27. The Hall–Kier alpha value is -1.68. The van der Waals surface area contributed by atoms with Crippen LogP contribution in [0.5, 0.6) is 0 Å². The standard InChI is InChI=1S/C14H18FN3/c1-3-16-10-11-5-6-12(13(15)9-11)14-17-7-8-18(14)4-2/h5-9,16H,3-4,10H2,1-2H3. The number of hydrogen-bond acceptors (Lipinski definition) is 2. The smallest absolute Gasteiger partial charge is 0.142 e. The van der Waals surface area contributed by atoms with Gasteiger partial charge in [0.05, 0.1) is 5.56 Å². The van der Waals surface area contributed by atoms with Crippen molar-refractivity contribution in [1.82, 2.24) is 14.9 Å². The Bertz CT molecular complexity index is 520. The van der Waals surface area contributed by atoms with Crippen LogP contribution in [0.4, 0.5) is 4.39 Å². The molecule has 0 saturated carbocycles. The molecule has 4 heteroatoms. The number of benzene rings is 1. The summed E-state index contributed by atoms with van der Waals surface area (Å²) in [6.45, 7) is 6.40. The summed E-state index contributed by atoms with van der Waals surface area (Å²) in [6.07, 6.45) is 3.56. The van der Waals surface area contributed by atoms with Crippen molar-refractivity contribution in [1.29, 1.82) is 0 Å². The Balaban J connectivity index is 2.30. The Morgan fingerprint density at radius 1 is 1.33 bits per heavy atom. The molecule has 0 saturated heterocycles. The topological polar surface area (TPSA) is 29.9 Å².